The van der Waals surface area contributed by atoms with Gasteiger partial charge in [0.05, 0.1) is 13.2 Å². The van der Waals surface area contributed by atoms with Crippen LogP contribution in [-0.4, -0.2) is 61.5 Å². The van der Waals surface area contributed by atoms with Crippen molar-refractivity contribution in [3.05, 3.63) is 0 Å². The molecule has 0 N–H and O–H groups in total. The molecular weight excluding hydrogens is 336 g/mol. The maximum absolute atomic E-state index is 11.6. The molecular formula is C16H22O9. The second-order valence-electron chi connectivity index (χ2n) is 6.16. The van der Waals surface area contributed by atoms with Crippen LogP contribution in [0.2, 0.25) is 0 Å². The van der Waals surface area contributed by atoms with Gasteiger partial charge in [0.2, 0.25) is 0 Å². The predicted molar refractivity (Wildman–Crippen MR) is 80.0 cm³/mol. The molecule has 2 fully saturated rings. The van der Waals surface area contributed by atoms with Gasteiger partial charge in [-0.05, 0) is 0 Å². The standard InChI is InChI=1S/C16H22O9/c1-7(17)22-13-11-5-21-6-12(11)14(23-8(2)18)16(25-10(4)20)15(13)24-9(3)19/h11-16H,5-6H2,1-4H3/t11-,12+,13-,14+,15+,16-. The van der Waals surface area contributed by atoms with Gasteiger partial charge in [-0.3, -0.25) is 19.2 Å². The van der Waals surface area contributed by atoms with Crippen LogP contribution in [0.4, 0.5) is 0 Å². The number of esters is 4. The van der Waals surface area contributed by atoms with Crippen LogP contribution in [0.1, 0.15) is 27.7 Å². The lowest BCUT2D eigenvalue weighted by Gasteiger charge is -2.45. The highest BCUT2D eigenvalue weighted by molar-refractivity contribution is 5.69. The number of ether oxygens (including phenoxy) is 5. The summed E-state index contributed by atoms with van der Waals surface area (Å²) in [7, 11) is 0. The van der Waals surface area contributed by atoms with Crippen LogP contribution in [0.15, 0.2) is 0 Å². The monoisotopic (exact) mass is 358 g/mol. The lowest BCUT2D eigenvalue weighted by atomic mass is 9.74. The van der Waals surface area contributed by atoms with E-state index in [9.17, 15) is 19.2 Å². The summed E-state index contributed by atoms with van der Waals surface area (Å²) in [4.78, 5) is 46.2. The van der Waals surface area contributed by atoms with Crippen LogP contribution in [0.3, 0.4) is 0 Å². The Labute approximate surface area is 144 Å². The average molecular weight is 358 g/mol. The summed E-state index contributed by atoms with van der Waals surface area (Å²) in [6.07, 6.45) is -3.94. The Hall–Kier alpha value is -2.16. The van der Waals surface area contributed by atoms with Gasteiger partial charge in [-0.15, -0.1) is 0 Å². The third-order valence-corrected chi connectivity index (χ3v) is 4.19. The SMILES string of the molecule is CC(=O)O[C@@H]1[C@H](OC(C)=O)[C@@H](OC(C)=O)[C@H]2COC[C@H]2[C@H]1OC(C)=O. The van der Waals surface area contributed by atoms with E-state index >= 15 is 0 Å². The second-order valence-corrected chi connectivity index (χ2v) is 6.16. The van der Waals surface area contributed by atoms with E-state index in [2.05, 4.69) is 0 Å². The Kier molecular flexibility index (Phi) is 5.99. The fourth-order valence-corrected chi connectivity index (χ4v) is 3.47. The summed E-state index contributed by atoms with van der Waals surface area (Å²) in [5.41, 5.74) is 0. The van der Waals surface area contributed by atoms with Crippen molar-refractivity contribution in [3.63, 3.8) is 0 Å². The van der Waals surface area contributed by atoms with E-state index in [0.29, 0.717) is 0 Å². The third kappa shape index (κ3) is 4.47. The first-order chi connectivity index (χ1) is 11.7. The molecule has 25 heavy (non-hydrogen) atoms. The Bertz CT molecular complexity index is 510. The van der Waals surface area contributed by atoms with E-state index in [4.69, 9.17) is 23.7 Å². The van der Waals surface area contributed by atoms with Crippen LogP contribution in [0.25, 0.3) is 0 Å². The van der Waals surface area contributed by atoms with Crippen molar-refractivity contribution in [2.75, 3.05) is 13.2 Å². The predicted octanol–water partition coefficient (Wildman–Crippen LogP) is -0.0106. The van der Waals surface area contributed by atoms with Crippen LogP contribution in [0, 0.1) is 11.8 Å². The van der Waals surface area contributed by atoms with Gasteiger partial charge < -0.3 is 23.7 Å². The zero-order chi connectivity index (χ0) is 18.7. The molecule has 0 aromatic rings. The van der Waals surface area contributed by atoms with Gasteiger partial charge in [-0.25, -0.2) is 0 Å². The molecule has 0 amide bonds. The number of hydrogen-bond acceptors (Lipinski definition) is 9. The summed E-state index contributed by atoms with van der Waals surface area (Å²) in [6.45, 7) is 5.32. The molecule has 0 spiro atoms. The van der Waals surface area contributed by atoms with Crippen molar-refractivity contribution in [1.82, 2.24) is 0 Å². The minimum atomic E-state index is -1.10. The van der Waals surface area contributed by atoms with Crippen LogP contribution >= 0.6 is 0 Å². The first-order valence-electron chi connectivity index (χ1n) is 7.97. The zero-order valence-electron chi connectivity index (χ0n) is 14.6. The fourth-order valence-electron chi connectivity index (χ4n) is 3.47. The number of carbonyl (C=O) groups excluding carboxylic acids is 4. The van der Waals surface area contributed by atoms with Crippen molar-refractivity contribution in [1.29, 1.82) is 0 Å². The van der Waals surface area contributed by atoms with Gasteiger partial charge in [0.1, 0.15) is 12.2 Å². The molecule has 6 atom stereocenters. The second kappa shape index (κ2) is 7.81. The summed E-state index contributed by atoms with van der Waals surface area (Å²) < 4.78 is 26.8. The van der Waals surface area contributed by atoms with Crippen molar-refractivity contribution < 1.29 is 42.9 Å². The third-order valence-electron chi connectivity index (χ3n) is 4.19. The van der Waals surface area contributed by atoms with E-state index in [1.165, 1.54) is 27.7 Å². The molecule has 0 unspecified atom stereocenters. The van der Waals surface area contributed by atoms with E-state index in [1.54, 1.807) is 0 Å². The lowest BCUT2D eigenvalue weighted by Crippen LogP contribution is -2.62. The van der Waals surface area contributed by atoms with Gasteiger partial charge in [0, 0.05) is 39.5 Å². The van der Waals surface area contributed by atoms with Crippen LogP contribution in [-0.2, 0) is 42.9 Å². The molecule has 0 aromatic heterocycles. The molecule has 1 saturated heterocycles. The number of rotatable bonds is 4. The quantitative estimate of drug-likeness (QED) is 0.505. The molecule has 140 valence electrons. The Morgan fingerprint density at radius 3 is 1.16 bits per heavy atom. The molecule has 1 saturated carbocycles. The Balaban J connectivity index is 2.43. The van der Waals surface area contributed by atoms with Gasteiger partial charge in [-0.1, -0.05) is 0 Å². The van der Waals surface area contributed by atoms with Crippen molar-refractivity contribution >= 4 is 23.9 Å². The van der Waals surface area contributed by atoms with Crippen molar-refractivity contribution in [3.8, 4) is 0 Å². The van der Waals surface area contributed by atoms with E-state index < -0.39 is 48.3 Å². The van der Waals surface area contributed by atoms with Gasteiger partial charge in [-0.2, -0.15) is 0 Å². The molecule has 0 bridgehead atoms. The summed E-state index contributed by atoms with van der Waals surface area (Å²) >= 11 is 0. The molecule has 2 rings (SSSR count). The minimum absolute atomic E-state index is 0.241. The fraction of sp³-hybridized carbons (Fsp3) is 0.750. The minimum Gasteiger partial charge on any atom is -0.458 e. The molecule has 1 aliphatic carbocycles. The molecule has 1 heterocycles. The lowest BCUT2D eigenvalue weighted by molar-refractivity contribution is -0.225. The molecule has 9 nitrogen and oxygen atoms in total. The van der Waals surface area contributed by atoms with Crippen molar-refractivity contribution in [2.24, 2.45) is 11.8 Å². The number of fused-ring (bicyclic) bond motifs is 1. The Morgan fingerprint density at radius 2 is 0.880 bits per heavy atom. The maximum atomic E-state index is 11.6. The first-order valence-corrected chi connectivity index (χ1v) is 7.97. The zero-order valence-corrected chi connectivity index (χ0v) is 14.6. The highest BCUT2D eigenvalue weighted by Gasteiger charge is 2.59. The summed E-state index contributed by atoms with van der Waals surface area (Å²) in [5.74, 6) is -3.13. The highest BCUT2D eigenvalue weighted by atomic mass is 16.6. The molecule has 2 aliphatic rings. The molecule has 0 radical (unpaired) electrons. The van der Waals surface area contributed by atoms with Gasteiger partial charge >= 0.3 is 23.9 Å². The normalized spacial score (nSPS) is 33.8. The smallest absolute Gasteiger partial charge is 0.303 e. The van der Waals surface area contributed by atoms with E-state index in [-0.39, 0.29) is 25.0 Å². The van der Waals surface area contributed by atoms with E-state index in [1.807, 2.05) is 0 Å². The molecule has 0 aromatic carbocycles. The topological polar surface area (TPSA) is 114 Å². The van der Waals surface area contributed by atoms with Gasteiger partial charge in [0.25, 0.3) is 0 Å². The molecule has 1 aliphatic heterocycles. The first kappa shape index (κ1) is 19.2. The molecule has 9 heteroatoms. The van der Waals surface area contributed by atoms with Gasteiger partial charge in [0.15, 0.2) is 12.2 Å². The number of carbonyl (C=O) groups is 4. The van der Waals surface area contributed by atoms with E-state index in [0.717, 1.165) is 0 Å². The van der Waals surface area contributed by atoms with Crippen LogP contribution in [0.5, 0.6) is 0 Å². The summed E-state index contributed by atoms with van der Waals surface area (Å²) in [6, 6.07) is 0. The maximum Gasteiger partial charge on any atom is 0.303 e. The van der Waals surface area contributed by atoms with Crippen LogP contribution < -0.4 is 0 Å². The number of hydrogen-bond donors (Lipinski definition) is 0. The summed E-state index contributed by atoms with van der Waals surface area (Å²) in [5, 5.41) is 0. The highest BCUT2D eigenvalue weighted by Crippen LogP contribution is 2.41. The largest absolute Gasteiger partial charge is 0.458 e. The Morgan fingerprint density at radius 1 is 0.600 bits per heavy atom. The average Bonchev–Trinajstić information content (AvgIpc) is 2.93. The van der Waals surface area contributed by atoms with Crippen molar-refractivity contribution in [2.45, 2.75) is 52.1 Å².